The first-order valence-electron chi connectivity index (χ1n) is 10.5. The molecule has 0 aromatic carbocycles. The Bertz CT molecular complexity index is 276. The molecular weight excluding hydrogens is 284 g/mol. The Morgan fingerprint density at radius 1 is 0.609 bits per heavy atom. The van der Waals surface area contributed by atoms with E-state index >= 15 is 0 Å². The van der Waals surface area contributed by atoms with Gasteiger partial charge in [0.25, 0.3) is 0 Å². The summed E-state index contributed by atoms with van der Waals surface area (Å²) in [7, 11) is 0. The summed E-state index contributed by atoms with van der Waals surface area (Å²) in [4.78, 5) is 0. The van der Waals surface area contributed by atoms with Gasteiger partial charge in [0.15, 0.2) is 0 Å². The third-order valence-corrected chi connectivity index (χ3v) is 6.18. The maximum Gasteiger partial charge on any atom is 0.0494 e. The standard InChI is InChI=1S/C21H40O2/c1-3-15-23-17-21-13-9-19(10-14-21)6-5-18-7-11-20(12-8-18)16-22-4-2/h18-21H,3-17H2,1-2H3. The summed E-state index contributed by atoms with van der Waals surface area (Å²) in [6.07, 6.45) is 15.6. The van der Waals surface area contributed by atoms with E-state index in [0.717, 1.165) is 56.5 Å². The van der Waals surface area contributed by atoms with Crippen molar-refractivity contribution in [3.05, 3.63) is 0 Å². The highest BCUT2D eigenvalue weighted by Crippen LogP contribution is 2.36. The average molecular weight is 325 g/mol. The van der Waals surface area contributed by atoms with Gasteiger partial charge in [-0.15, -0.1) is 0 Å². The Hall–Kier alpha value is -0.0800. The van der Waals surface area contributed by atoms with Gasteiger partial charge in [-0.25, -0.2) is 0 Å². The number of hydrogen-bond donors (Lipinski definition) is 0. The minimum Gasteiger partial charge on any atom is -0.381 e. The van der Waals surface area contributed by atoms with Crippen LogP contribution in [-0.4, -0.2) is 26.4 Å². The van der Waals surface area contributed by atoms with Gasteiger partial charge >= 0.3 is 0 Å². The van der Waals surface area contributed by atoms with Crippen molar-refractivity contribution in [2.45, 2.75) is 84.5 Å². The molecule has 0 amide bonds. The first-order valence-corrected chi connectivity index (χ1v) is 10.5. The molecule has 2 nitrogen and oxygen atoms in total. The zero-order valence-electron chi connectivity index (χ0n) is 15.7. The van der Waals surface area contributed by atoms with E-state index in [-0.39, 0.29) is 0 Å². The summed E-state index contributed by atoms with van der Waals surface area (Å²) in [6.45, 7) is 8.16. The van der Waals surface area contributed by atoms with E-state index in [4.69, 9.17) is 9.47 Å². The second kappa shape index (κ2) is 11.5. The van der Waals surface area contributed by atoms with E-state index in [1.807, 2.05) is 0 Å². The first kappa shape index (κ1) is 19.2. The third kappa shape index (κ3) is 7.56. The lowest BCUT2D eigenvalue weighted by molar-refractivity contribution is 0.0740. The molecule has 0 heterocycles. The highest BCUT2D eigenvalue weighted by atomic mass is 16.5. The number of ether oxygens (including phenoxy) is 2. The van der Waals surface area contributed by atoms with E-state index in [9.17, 15) is 0 Å². The van der Waals surface area contributed by atoms with E-state index in [1.165, 1.54) is 64.2 Å². The summed E-state index contributed by atoms with van der Waals surface area (Å²) in [5.74, 6) is 3.73. The van der Waals surface area contributed by atoms with Crippen molar-refractivity contribution in [1.82, 2.24) is 0 Å². The zero-order chi connectivity index (χ0) is 16.3. The monoisotopic (exact) mass is 324 g/mol. The van der Waals surface area contributed by atoms with Gasteiger partial charge in [-0.3, -0.25) is 0 Å². The topological polar surface area (TPSA) is 18.5 Å². The fraction of sp³-hybridized carbons (Fsp3) is 1.00. The molecule has 0 saturated heterocycles. The summed E-state index contributed by atoms with van der Waals surface area (Å²) in [6, 6.07) is 0. The summed E-state index contributed by atoms with van der Waals surface area (Å²) < 4.78 is 11.3. The van der Waals surface area contributed by atoms with Crippen molar-refractivity contribution < 1.29 is 9.47 Å². The van der Waals surface area contributed by atoms with E-state index in [2.05, 4.69) is 13.8 Å². The van der Waals surface area contributed by atoms with Gasteiger partial charge in [0, 0.05) is 26.4 Å². The fourth-order valence-corrected chi connectivity index (χ4v) is 4.52. The molecular formula is C21H40O2. The highest BCUT2D eigenvalue weighted by molar-refractivity contribution is 4.76. The lowest BCUT2D eigenvalue weighted by Gasteiger charge is -2.32. The second-order valence-electron chi connectivity index (χ2n) is 8.09. The zero-order valence-corrected chi connectivity index (χ0v) is 15.7. The Morgan fingerprint density at radius 2 is 1.04 bits per heavy atom. The van der Waals surface area contributed by atoms with Crippen LogP contribution in [0.25, 0.3) is 0 Å². The molecule has 0 aromatic heterocycles. The molecule has 2 saturated carbocycles. The van der Waals surface area contributed by atoms with Crippen LogP contribution in [0.15, 0.2) is 0 Å². The maximum atomic E-state index is 5.74. The quantitative estimate of drug-likeness (QED) is 0.470. The molecule has 2 heteroatoms. The molecule has 2 rings (SSSR count). The predicted molar refractivity (Wildman–Crippen MR) is 97.7 cm³/mol. The maximum absolute atomic E-state index is 5.74. The van der Waals surface area contributed by atoms with Crippen LogP contribution < -0.4 is 0 Å². The van der Waals surface area contributed by atoms with Crippen LogP contribution in [0.1, 0.15) is 84.5 Å². The van der Waals surface area contributed by atoms with Gasteiger partial charge in [0.1, 0.15) is 0 Å². The Kier molecular flexibility index (Phi) is 9.60. The van der Waals surface area contributed by atoms with E-state index in [1.54, 1.807) is 0 Å². The van der Waals surface area contributed by atoms with Crippen LogP contribution in [0, 0.1) is 23.7 Å². The molecule has 2 aliphatic carbocycles. The van der Waals surface area contributed by atoms with Gasteiger partial charge in [0.2, 0.25) is 0 Å². The second-order valence-corrected chi connectivity index (χ2v) is 8.09. The number of hydrogen-bond acceptors (Lipinski definition) is 2. The predicted octanol–water partition coefficient (Wildman–Crippen LogP) is 5.84. The summed E-state index contributed by atoms with van der Waals surface area (Å²) >= 11 is 0. The largest absolute Gasteiger partial charge is 0.381 e. The third-order valence-electron chi connectivity index (χ3n) is 6.18. The molecule has 2 aliphatic rings. The Balaban J connectivity index is 1.51. The number of rotatable bonds is 10. The normalized spacial score (nSPS) is 32.1. The molecule has 0 aliphatic heterocycles. The van der Waals surface area contributed by atoms with Crippen LogP contribution >= 0.6 is 0 Å². The molecule has 0 unspecified atom stereocenters. The molecule has 0 spiro atoms. The molecule has 2 fully saturated rings. The first-order chi connectivity index (χ1) is 11.3. The van der Waals surface area contributed by atoms with Crippen molar-refractivity contribution in [1.29, 1.82) is 0 Å². The Morgan fingerprint density at radius 3 is 1.48 bits per heavy atom. The van der Waals surface area contributed by atoms with E-state index < -0.39 is 0 Å². The van der Waals surface area contributed by atoms with Crippen molar-refractivity contribution >= 4 is 0 Å². The highest BCUT2D eigenvalue weighted by Gasteiger charge is 2.24. The Labute approximate surface area is 144 Å². The van der Waals surface area contributed by atoms with Crippen LogP contribution in [0.5, 0.6) is 0 Å². The van der Waals surface area contributed by atoms with Crippen LogP contribution in [0.4, 0.5) is 0 Å². The molecule has 23 heavy (non-hydrogen) atoms. The van der Waals surface area contributed by atoms with Crippen LogP contribution in [0.2, 0.25) is 0 Å². The molecule has 0 bridgehead atoms. The SMILES string of the molecule is CCCOCC1CCC(CCC2CCC(COCC)CC2)CC1. The summed E-state index contributed by atoms with van der Waals surface area (Å²) in [5.41, 5.74) is 0. The summed E-state index contributed by atoms with van der Waals surface area (Å²) in [5, 5.41) is 0. The molecule has 0 radical (unpaired) electrons. The lowest BCUT2D eigenvalue weighted by Crippen LogP contribution is -2.21. The average Bonchev–Trinajstić information content (AvgIpc) is 2.60. The van der Waals surface area contributed by atoms with Crippen molar-refractivity contribution in [3.63, 3.8) is 0 Å². The van der Waals surface area contributed by atoms with Gasteiger partial charge in [0.05, 0.1) is 0 Å². The lowest BCUT2D eigenvalue weighted by atomic mass is 9.76. The van der Waals surface area contributed by atoms with Gasteiger partial charge in [-0.1, -0.05) is 45.4 Å². The molecule has 0 aromatic rings. The van der Waals surface area contributed by atoms with Gasteiger partial charge in [-0.05, 0) is 62.7 Å². The fourth-order valence-electron chi connectivity index (χ4n) is 4.52. The molecule has 0 atom stereocenters. The van der Waals surface area contributed by atoms with Crippen molar-refractivity contribution in [2.24, 2.45) is 23.7 Å². The van der Waals surface area contributed by atoms with E-state index in [0.29, 0.717) is 0 Å². The van der Waals surface area contributed by atoms with Crippen molar-refractivity contribution in [2.75, 3.05) is 26.4 Å². The van der Waals surface area contributed by atoms with Gasteiger partial charge in [-0.2, -0.15) is 0 Å². The van der Waals surface area contributed by atoms with Gasteiger partial charge < -0.3 is 9.47 Å². The minimum absolute atomic E-state index is 0.852. The molecule has 0 N–H and O–H groups in total. The van der Waals surface area contributed by atoms with Crippen molar-refractivity contribution in [3.8, 4) is 0 Å². The smallest absolute Gasteiger partial charge is 0.0494 e. The van der Waals surface area contributed by atoms with Crippen LogP contribution in [-0.2, 0) is 9.47 Å². The minimum atomic E-state index is 0.852. The van der Waals surface area contributed by atoms with Crippen LogP contribution in [0.3, 0.4) is 0 Å². The molecule has 136 valence electrons.